The number of nitrogens with one attached hydrogen (secondary N) is 1. The Bertz CT molecular complexity index is 728. The third kappa shape index (κ3) is 9.79. The van der Waals surface area contributed by atoms with Gasteiger partial charge in [-0.1, -0.05) is 42.5 Å². The number of ether oxygens (including phenoxy) is 2. The molecule has 156 valence electrons. The van der Waals surface area contributed by atoms with E-state index in [0.29, 0.717) is 13.0 Å². The molecule has 0 bridgehead atoms. The van der Waals surface area contributed by atoms with Gasteiger partial charge in [0.1, 0.15) is 12.2 Å². The van der Waals surface area contributed by atoms with Crippen molar-refractivity contribution >= 4 is 11.9 Å². The van der Waals surface area contributed by atoms with Crippen molar-refractivity contribution in [1.29, 1.82) is 0 Å². The van der Waals surface area contributed by atoms with Gasteiger partial charge in [-0.05, 0) is 62.3 Å². The second-order valence-corrected chi connectivity index (χ2v) is 6.87. The van der Waals surface area contributed by atoms with E-state index in [1.54, 1.807) is 6.92 Å². The van der Waals surface area contributed by atoms with Crippen LogP contribution in [-0.2, 0) is 27.2 Å². The van der Waals surface area contributed by atoms with Gasteiger partial charge in [0.15, 0.2) is 0 Å². The summed E-state index contributed by atoms with van der Waals surface area (Å²) in [6.45, 7) is 3.21. The fourth-order valence-corrected chi connectivity index (χ4v) is 2.95. The number of carbonyl (C=O) groups excluding carboxylic acids is 2. The zero-order valence-electron chi connectivity index (χ0n) is 17.2. The van der Waals surface area contributed by atoms with Crippen molar-refractivity contribution < 1.29 is 19.1 Å². The fourth-order valence-electron chi connectivity index (χ4n) is 2.95. The highest BCUT2D eigenvalue weighted by molar-refractivity contribution is 5.94. The molecule has 0 heterocycles. The third-order valence-corrected chi connectivity index (χ3v) is 4.49. The van der Waals surface area contributed by atoms with Crippen molar-refractivity contribution in [2.75, 3.05) is 19.8 Å². The largest absolute Gasteiger partial charge is 0.494 e. The highest BCUT2D eigenvalue weighted by atomic mass is 16.5. The molecule has 0 saturated heterocycles. The van der Waals surface area contributed by atoms with Crippen molar-refractivity contribution in [2.45, 2.75) is 45.4 Å². The maximum atomic E-state index is 11.6. The molecule has 2 aromatic carbocycles. The average molecular weight is 398 g/mol. The molecule has 1 amide bonds. The minimum absolute atomic E-state index is 0.230. The van der Waals surface area contributed by atoms with Crippen LogP contribution in [-0.4, -0.2) is 31.6 Å². The Morgan fingerprint density at radius 3 is 2.31 bits per heavy atom. The molecule has 29 heavy (non-hydrogen) atoms. The summed E-state index contributed by atoms with van der Waals surface area (Å²) in [4.78, 5) is 22.9. The Balaban J connectivity index is 1.55. The van der Waals surface area contributed by atoms with Gasteiger partial charge in [-0.15, -0.1) is 0 Å². The molecule has 0 aliphatic rings. The molecule has 0 aromatic heterocycles. The fraction of sp³-hybridized carbons (Fsp3) is 0.417. The van der Waals surface area contributed by atoms with Gasteiger partial charge in [-0.2, -0.15) is 0 Å². The van der Waals surface area contributed by atoms with Crippen molar-refractivity contribution in [3.8, 4) is 5.75 Å². The topological polar surface area (TPSA) is 64.6 Å². The first-order valence-corrected chi connectivity index (χ1v) is 10.4. The van der Waals surface area contributed by atoms with Crippen molar-refractivity contribution in [2.24, 2.45) is 0 Å². The molecular weight excluding hydrogens is 366 g/mol. The lowest BCUT2D eigenvalue weighted by molar-refractivity contribution is -0.145. The molecule has 5 heteroatoms. The number of carbonyl (C=O) groups is 2. The van der Waals surface area contributed by atoms with Crippen LogP contribution in [0.2, 0.25) is 0 Å². The van der Waals surface area contributed by atoms with Gasteiger partial charge in [0, 0.05) is 6.54 Å². The molecular formula is C24H31NO4. The molecule has 0 fully saturated rings. The molecule has 0 radical (unpaired) electrons. The summed E-state index contributed by atoms with van der Waals surface area (Å²) < 4.78 is 10.6. The van der Waals surface area contributed by atoms with E-state index in [1.165, 1.54) is 12.0 Å². The predicted molar refractivity (Wildman–Crippen MR) is 114 cm³/mol. The molecule has 2 aromatic rings. The predicted octanol–water partition coefficient (Wildman–Crippen LogP) is 4.09. The number of aryl methyl sites for hydroxylation is 1. The minimum Gasteiger partial charge on any atom is -0.494 e. The molecule has 0 atom stereocenters. The molecule has 0 unspecified atom stereocenters. The van der Waals surface area contributed by atoms with Crippen LogP contribution in [0.5, 0.6) is 5.75 Å². The van der Waals surface area contributed by atoms with Crippen molar-refractivity contribution in [3.05, 3.63) is 65.7 Å². The normalized spacial score (nSPS) is 10.4. The quantitative estimate of drug-likeness (QED) is 0.314. The monoisotopic (exact) mass is 397 g/mol. The molecule has 1 N–H and O–H groups in total. The number of rotatable bonds is 13. The van der Waals surface area contributed by atoms with E-state index in [-0.39, 0.29) is 18.9 Å². The van der Waals surface area contributed by atoms with E-state index in [2.05, 4.69) is 29.6 Å². The SMILES string of the molecule is CCOC(=O)CC(=O)NCCc1ccc(OCCCCCc2ccccc2)cc1. The number of unbranched alkanes of at least 4 members (excludes halogenated alkanes) is 2. The van der Waals surface area contributed by atoms with Gasteiger partial charge in [-0.3, -0.25) is 9.59 Å². The van der Waals surface area contributed by atoms with Crippen molar-refractivity contribution in [3.63, 3.8) is 0 Å². The van der Waals surface area contributed by atoms with Crippen LogP contribution in [0.4, 0.5) is 0 Å². The molecule has 0 aliphatic heterocycles. The first-order valence-electron chi connectivity index (χ1n) is 10.4. The summed E-state index contributed by atoms with van der Waals surface area (Å²) in [6, 6.07) is 18.5. The second kappa shape index (κ2) is 13.4. The third-order valence-electron chi connectivity index (χ3n) is 4.49. The maximum absolute atomic E-state index is 11.6. The lowest BCUT2D eigenvalue weighted by Crippen LogP contribution is -2.28. The van der Waals surface area contributed by atoms with Crippen LogP contribution in [0.3, 0.4) is 0 Å². The zero-order chi connectivity index (χ0) is 20.7. The minimum atomic E-state index is -0.494. The Morgan fingerprint density at radius 2 is 1.59 bits per heavy atom. The smallest absolute Gasteiger partial charge is 0.315 e. The Labute approximate surface area is 173 Å². The number of hydrogen-bond acceptors (Lipinski definition) is 4. The van der Waals surface area contributed by atoms with Gasteiger partial charge >= 0.3 is 5.97 Å². The van der Waals surface area contributed by atoms with Crippen LogP contribution < -0.4 is 10.1 Å². The van der Waals surface area contributed by atoms with Gasteiger partial charge in [0.25, 0.3) is 0 Å². The maximum Gasteiger partial charge on any atom is 0.315 e. The van der Waals surface area contributed by atoms with E-state index in [4.69, 9.17) is 9.47 Å². The number of benzene rings is 2. The molecule has 0 saturated carbocycles. The molecule has 2 rings (SSSR count). The lowest BCUT2D eigenvalue weighted by atomic mass is 10.1. The Hall–Kier alpha value is -2.82. The summed E-state index contributed by atoms with van der Waals surface area (Å²) in [6.07, 6.45) is 4.96. The van der Waals surface area contributed by atoms with Crippen LogP contribution in [0.1, 0.15) is 43.7 Å². The molecule has 0 aliphatic carbocycles. The highest BCUT2D eigenvalue weighted by Gasteiger charge is 2.09. The number of hydrogen-bond donors (Lipinski definition) is 1. The van der Waals surface area contributed by atoms with Crippen LogP contribution in [0.15, 0.2) is 54.6 Å². The Morgan fingerprint density at radius 1 is 0.862 bits per heavy atom. The van der Waals surface area contributed by atoms with E-state index < -0.39 is 5.97 Å². The summed E-state index contributed by atoms with van der Waals surface area (Å²) in [5.41, 5.74) is 2.50. The van der Waals surface area contributed by atoms with Crippen LogP contribution in [0.25, 0.3) is 0 Å². The summed E-state index contributed by atoms with van der Waals surface area (Å²) in [5, 5.41) is 2.73. The van der Waals surface area contributed by atoms with E-state index in [0.717, 1.165) is 37.2 Å². The first-order chi connectivity index (χ1) is 14.2. The van der Waals surface area contributed by atoms with E-state index in [9.17, 15) is 9.59 Å². The van der Waals surface area contributed by atoms with E-state index in [1.807, 2.05) is 30.3 Å². The second-order valence-electron chi connectivity index (χ2n) is 6.87. The standard InChI is InChI=1S/C24H31NO4/c1-2-28-24(27)19-23(26)25-17-16-21-12-14-22(15-13-21)29-18-8-4-7-11-20-9-5-3-6-10-20/h3,5-6,9-10,12-15H,2,4,7-8,11,16-19H2,1H3,(H,25,26). The van der Waals surface area contributed by atoms with Gasteiger partial charge < -0.3 is 14.8 Å². The van der Waals surface area contributed by atoms with Gasteiger partial charge in [0.2, 0.25) is 5.91 Å². The highest BCUT2D eigenvalue weighted by Crippen LogP contribution is 2.13. The van der Waals surface area contributed by atoms with Gasteiger partial charge in [0.05, 0.1) is 13.2 Å². The average Bonchev–Trinajstić information content (AvgIpc) is 2.72. The molecule has 0 spiro atoms. The summed E-state index contributed by atoms with van der Waals surface area (Å²) in [7, 11) is 0. The number of amides is 1. The van der Waals surface area contributed by atoms with Gasteiger partial charge in [-0.25, -0.2) is 0 Å². The van der Waals surface area contributed by atoms with Crippen LogP contribution >= 0.6 is 0 Å². The Kier molecular flexibility index (Phi) is 10.4. The lowest BCUT2D eigenvalue weighted by Gasteiger charge is -2.08. The summed E-state index contributed by atoms with van der Waals surface area (Å²) in [5.74, 6) is 0.0605. The molecule has 5 nitrogen and oxygen atoms in total. The number of esters is 1. The first kappa shape index (κ1) is 22.5. The van der Waals surface area contributed by atoms with Crippen molar-refractivity contribution in [1.82, 2.24) is 5.32 Å². The van der Waals surface area contributed by atoms with E-state index >= 15 is 0 Å². The summed E-state index contributed by atoms with van der Waals surface area (Å²) >= 11 is 0. The zero-order valence-corrected chi connectivity index (χ0v) is 17.2. The van der Waals surface area contributed by atoms with Crippen LogP contribution in [0, 0.1) is 0 Å².